The van der Waals surface area contributed by atoms with Crippen molar-refractivity contribution in [3.05, 3.63) is 29.6 Å². The summed E-state index contributed by atoms with van der Waals surface area (Å²) in [6.45, 7) is 2.12. The van der Waals surface area contributed by atoms with Crippen LogP contribution in [0.2, 0.25) is 0 Å². The lowest BCUT2D eigenvalue weighted by molar-refractivity contribution is -0.118. The molecule has 0 saturated carbocycles. The van der Waals surface area contributed by atoms with Crippen LogP contribution in [-0.2, 0) is 11.2 Å². The van der Waals surface area contributed by atoms with Gasteiger partial charge in [-0.25, -0.2) is 0 Å². The van der Waals surface area contributed by atoms with Crippen LogP contribution in [0.15, 0.2) is 18.2 Å². The molecule has 17 heavy (non-hydrogen) atoms. The predicted octanol–water partition coefficient (Wildman–Crippen LogP) is 0.966. The minimum atomic E-state index is -0.267. The van der Waals surface area contributed by atoms with E-state index in [1.807, 2.05) is 12.1 Å². The molecule has 1 aromatic rings. The Morgan fingerprint density at radius 3 is 3.12 bits per heavy atom. The molecule has 3 N–H and O–H groups in total. The van der Waals surface area contributed by atoms with Crippen LogP contribution in [0.25, 0.3) is 0 Å². The fourth-order valence-corrected chi connectivity index (χ4v) is 2.22. The van der Waals surface area contributed by atoms with E-state index in [0.29, 0.717) is 18.8 Å². The lowest BCUT2D eigenvalue weighted by Crippen LogP contribution is -2.28. The van der Waals surface area contributed by atoms with Gasteiger partial charge < -0.3 is 11.1 Å². The van der Waals surface area contributed by atoms with Gasteiger partial charge >= 0.3 is 0 Å². The lowest BCUT2D eigenvalue weighted by Gasteiger charge is -2.22. The number of nitrogens with zero attached hydrogens (tertiary/aromatic N) is 1. The first kappa shape index (κ1) is 12.0. The number of rotatable bonds is 4. The first-order valence-corrected chi connectivity index (χ1v) is 6.20. The van der Waals surface area contributed by atoms with Gasteiger partial charge in [-0.15, -0.1) is 0 Å². The predicted molar refractivity (Wildman–Crippen MR) is 66.6 cm³/mol. The number of pyridine rings is 1. The summed E-state index contributed by atoms with van der Waals surface area (Å²) in [6, 6.07) is 6.06. The van der Waals surface area contributed by atoms with E-state index in [4.69, 9.17) is 5.73 Å². The molecule has 1 aromatic heterocycles. The van der Waals surface area contributed by atoms with Crippen molar-refractivity contribution in [2.75, 3.05) is 13.1 Å². The van der Waals surface area contributed by atoms with Gasteiger partial charge in [0.1, 0.15) is 0 Å². The topological polar surface area (TPSA) is 68.0 Å². The van der Waals surface area contributed by atoms with Gasteiger partial charge in [-0.2, -0.15) is 0 Å². The number of amides is 1. The standard InChI is InChI=1S/C13H19N3O/c14-13(17)7-6-11-4-1-5-12(16-11)10-3-2-8-15-9-10/h1,4-5,10,15H,2-3,6-9H2,(H2,14,17)/t10-/m0/s1. The summed E-state index contributed by atoms with van der Waals surface area (Å²) in [5, 5.41) is 3.39. The fraction of sp³-hybridized carbons (Fsp3) is 0.538. The van der Waals surface area contributed by atoms with Crippen molar-refractivity contribution in [2.45, 2.75) is 31.6 Å². The van der Waals surface area contributed by atoms with Gasteiger partial charge in [0.05, 0.1) is 0 Å². The van der Waals surface area contributed by atoms with Crippen molar-refractivity contribution in [1.29, 1.82) is 0 Å². The summed E-state index contributed by atoms with van der Waals surface area (Å²) in [5.41, 5.74) is 7.25. The number of carbonyl (C=O) groups excluding carboxylic acids is 1. The molecule has 4 nitrogen and oxygen atoms in total. The highest BCUT2D eigenvalue weighted by molar-refractivity contribution is 5.73. The maximum atomic E-state index is 10.7. The first-order valence-electron chi connectivity index (χ1n) is 6.20. The maximum Gasteiger partial charge on any atom is 0.217 e. The van der Waals surface area contributed by atoms with Gasteiger partial charge in [-0.3, -0.25) is 9.78 Å². The van der Waals surface area contributed by atoms with Crippen LogP contribution in [0.1, 0.15) is 36.6 Å². The van der Waals surface area contributed by atoms with Crippen LogP contribution in [0.5, 0.6) is 0 Å². The number of hydrogen-bond acceptors (Lipinski definition) is 3. The zero-order valence-corrected chi connectivity index (χ0v) is 9.98. The second-order valence-electron chi connectivity index (χ2n) is 4.56. The molecule has 4 heteroatoms. The third kappa shape index (κ3) is 3.53. The van der Waals surface area contributed by atoms with Gasteiger partial charge in [-0.1, -0.05) is 6.07 Å². The largest absolute Gasteiger partial charge is 0.370 e. The molecule has 1 aliphatic heterocycles. The molecule has 0 aromatic carbocycles. The Labute approximate surface area is 102 Å². The van der Waals surface area contributed by atoms with Gasteiger partial charge in [0, 0.05) is 30.3 Å². The van der Waals surface area contributed by atoms with Crippen molar-refractivity contribution in [3.63, 3.8) is 0 Å². The zero-order chi connectivity index (χ0) is 12.1. The van der Waals surface area contributed by atoms with E-state index < -0.39 is 0 Å². The molecule has 1 amide bonds. The molecule has 92 valence electrons. The Morgan fingerprint density at radius 1 is 1.53 bits per heavy atom. The van der Waals surface area contributed by atoms with E-state index in [0.717, 1.165) is 24.5 Å². The number of primary amides is 1. The number of carbonyl (C=O) groups is 1. The van der Waals surface area contributed by atoms with Crippen LogP contribution in [-0.4, -0.2) is 24.0 Å². The number of hydrogen-bond donors (Lipinski definition) is 2. The third-order valence-electron chi connectivity index (χ3n) is 3.17. The van der Waals surface area contributed by atoms with Crippen molar-refractivity contribution in [3.8, 4) is 0 Å². The monoisotopic (exact) mass is 233 g/mol. The van der Waals surface area contributed by atoms with Crippen LogP contribution >= 0.6 is 0 Å². The Balaban J connectivity index is 2.02. The average molecular weight is 233 g/mol. The second-order valence-corrected chi connectivity index (χ2v) is 4.56. The molecule has 1 atom stereocenters. The molecule has 0 unspecified atom stereocenters. The van der Waals surface area contributed by atoms with Crippen LogP contribution in [0.4, 0.5) is 0 Å². The highest BCUT2D eigenvalue weighted by Crippen LogP contribution is 2.21. The lowest BCUT2D eigenvalue weighted by atomic mass is 9.95. The molecular weight excluding hydrogens is 214 g/mol. The van der Waals surface area contributed by atoms with Crippen LogP contribution in [0.3, 0.4) is 0 Å². The Morgan fingerprint density at radius 2 is 2.41 bits per heavy atom. The van der Waals surface area contributed by atoms with Gasteiger partial charge in [0.15, 0.2) is 0 Å². The highest BCUT2D eigenvalue weighted by atomic mass is 16.1. The minimum absolute atomic E-state index is 0.267. The Bertz CT molecular complexity index is 386. The summed E-state index contributed by atoms with van der Waals surface area (Å²) < 4.78 is 0. The van der Waals surface area contributed by atoms with E-state index in [1.54, 1.807) is 0 Å². The highest BCUT2D eigenvalue weighted by Gasteiger charge is 2.16. The Hall–Kier alpha value is -1.42. The van der Waals surface area contributed by atoms with Crippen molar-refractivity contribution in [1.82, 2.24) is 10.3 Å². The van der Waals surface area contributed by atoms with E-state index in [-0.39, 0.29) is 5.91 Å². The van der Waals surface area contributed by atoms with Crippen molar-refractivity contribution in [2.24, 2.45) is 5.73 Å². The quantitative estimate of drug-likeness (QED) is 0.814. The number of nitrogens with one attached hydrogen (secondary N) is 1. The summed E-state index contributed by atoms with van der Waals surface area (Å²) >= 11 is 0. The molecule has 2 heterocycles. The minimum Gasteiger partial charge on any atom is -0.370 e. The molecule has 1 fully saturated rings. The second kappa shape index (κ2) is 5.77. The summed E-state index contributed by atoms with van der Waals surface area (Å²) in [7, 11) is 0. The molecule has 1 saturated heterocycles. The zero-order valence-electron chi connectivity index (χ0n) is 9.98. The van der Waals surface area contributed by atoms with E-state index >= 15 is 0 Å². The number of nitrogens with two attached hydrogens (primary N) is 1. The van der Waals surface area contributed by atoms with Gasteiger partial charge in [-0.05, 0) is 37.9 Å². The molecule has 2 rings (SSSR count). The number of aryl methyl sites for hydroxylation is 1. The third-order valence-corrected chi connectivity index (χ3v) is 3.17. The average Bonchev–Trinajstić information content (AvgIpc) is 2.38. The molecule has 0 aliphatic carbocycles. The van der Waals surface area contributed by atoms with E-state index in [2.05, 4.69) is 16.4 Å². The Kier molecular flexibility index (Phi) is 4.09. The van der Waals surface area contributed by atoms with Crippen molar-refractivity contribution < 1.29 is 4.79 Å². The van der Waals surface area contributed by atoms with E-state index in [1.165, 1.54) is 12.8 Å². The normalized spacial score (nSPS) is 20.1. The summed E-state index contributed by atoms with van der Waals surface area (Å²) in [4.78, 5) is 15.4. The number of aromatic nitrogens is 1. The summed E-state index contributed by atoms with van der Waals surface area (Å²) in [6.07, 6.45) is 3.42. The maximum absolute atomic E-state index is 10.7. The summed E-state index contributed by atoms with van der Waals surface area (Å²) in [5.74, 6) is 0.244. The molecule has 1 aliphatic rings. The molecule has 0 bridgehead atoms. The molecule has 0 spiro atoms. The molecular formula is C13H19N3O. The number of piperidine rings is 1. The fourth-order valence-electron chi connectivity index (χ4n) is 2.22. The van der Waals surface area contributed by atoms with Gasteiger partial charge in [0.2, 0.25) is 5.91 Å². The van der Waals surface area contributed by atoms with E-state index in [9.17, 15) is 4.79 Å². The van der Waals surface area contributed by atoms with Crippen LogP contribution in [0, 0.1) is 0 Å². The SMILES string of the molecule is NC(=O)CCc1cccc([C@H]2CCCNC2)n1. The smallest absolute Gasteiger partial charge is 0.217 e. The molecule has 0 radical (unpaired) electrons. The first-order chi connectivity index (χ1) is 8.25. The van der Waals surface area contributed by atoms with Crippen molar-refractivity contribution >= 4 is 5.91 Å². The van der Waals surface area contributed by atoms with Crippen LogP contribution < -0.4 is 11.1 Å². The van der Waals surface area contributed by atoms with Gasteiger partial charge in [0.25, 0.3) is 0 Å².